The molecule has 5 aliphatic carbocycles. The minimum absolute atomic E-state index is 0. The SMILES string of the molecule is C1CCC2C(C1)CCC2C1(C2CCC3CCCCC32)CCC1.[CH3-].[CH3-].[CH3-].[CH3-].[Hf+4]. The number of rotatable bonds is 2. The van der Waals surface area contributed by atoms with Crippen molar-refractivity contribution in [2.75, 3.05) is 0 Å². The van der Waals surface area contributed by atoms with Crippen molar-refractivity contribution in [1.29, 1.82) is 0 Å². The van der Waals surface area contributed by atoms with E-state index in [4.69, 9.17) is 0 Å². The minimum Gasteiger partial charge on any atom is -0.358 e. The van der Waals surface area contributed by atoms with Crippen molar-refractivity contribution >= 4 is 0 Å². The van der Waals surface area contributed by atoms with Gasteiger partial charge in [0.1, 0.15) is 0 Å². The van der Waals surface area contributed by atoms with Gasteiger partial charge < -0.3 is 29.7 Å². The Labute approximate surface area is 192 Å². The molecule has 0 aromatic rings. The molecule has 1 heteroatoms. The monoisotopic (exact) mass is 540 g/mol. The van der Waals surface area contributed by atoms with Crippen LogP contribution in [0.15, 0.2) is 0 Å². The standard InChI is InChI=1S/C22H36.4CH3.Hf/c1-3-8-18-16(6-1)10-12-20(18)22(14-5-15-22)21-13-11-17-7-2-4-9-19(17)21;;;;;/h16-21H,1-15H2;4*1H3;/q;4*-1;+4. The summed E-state index contributed by atoms with van der Waals surface area (Å²) >= 11 is 0. The molecular weight excluding hydrogens is 491 g/mol. The fourth-order valence-electron chi connectivity index (χ4n) is 8.49. The number of hydrogen-bond acceptors (Lipinski definition) is 0. The predicted octanol–water partition coefficient (Wildman–Crippen LogP) is 8.39. The summed E-state index contributed by atoms with van der Waals surface area (Å²) < 4.78 is 0. The molecule has 0 amide bonds. The summed E-state index contributed by atoms with van der Waals surface area (Å²) in [5.41, 5.74) is 0.855. The van der Waals surface area contributed by atoms with E-state index in [0.717, 1.165) is 40.9 Å². The topological polar surface area (TPSA) is 0 Å². The Morgan fingerprint density at radius 2 is 0.852 bits per heavy atom. The van der Waals surface area contributed by atoms with Crippen LogP contribution in [0.5, 0.6) is 0 Å². The van der Waals surface area contributed by atoms with Gasteiger partial charge in [-0.1, -0.05) is 44.9 Å². The molecule has 5 aliphatic rings. The van der Waals surface area contributed by atoms with E-state index in [-0.39, 0.29) is 55.5 Å². The largest absolute Gasteiger partial charge is 4.00 e. The molecule has 5 fully saturated rings. The van der Waals surface area contributed by atoms with Crippen molar-refractivity contribution < 1.29 is 25.8 Å². The maximum Gasteiger partial charge on any atom is 4.00 e. The van der Waals surface area contributed by atoms with Crippen molar-refractivity contribution in [2.45, 2.75) is 96.3 Å². The van der Waals surface area contributed by atoms with E-state index < -0.39 is 0 Å². The van der Waals surface area contributed by atoms with Gasteiger partial charge in [-0.05, 0) is 92.3 Å². The Morgan fingerprint density at radius 1 is 0.444 bits per heavy atom. The summed E-state index contributed by atoms with van der Waals surface area (Å²) in [5, 5.41) is 0. The molecule has 0 radical (unpaired) electrons. The molecule has 5 rings (SSSR count). The Balaban J connectivity index is 0.00000135. The van der Waals surface area contributed by atoms with Crippen LogP contribution < -0.4 is 0 Å². The van der Waals surface area contributed by atoms with Crippen LogP contribution in [0.4, 0.5) is 0 Å². The molecular formula is C26H48Hf. The molecule has 0 bridgehead atoms. The fourth-order valence-corrected chi connectivity index (χ4v) is 8.49. The second-order valence-electron chi connectivity index (χ2n) is 9.87. The van der Waals surface area contributed by atoms with Gasteiger partial charge in [-0.2, -0.15) is 0 Å². The van der Waals surface area contributed by atoms with E-state index >= 15 is 0 Å². The third-order valence-corrected chi connectivity index (χ3v) is 9.43. The first-order chi connectivity index (χ1) is 10.9. The van der Waals surface area contributed by atoms with Crippen LogP contribution in [0, 0.1) is 70.6 Å². The normalized spacial score (nSPS) is 40.9. The van der Waals surface area contributed by atoms with Crippen LogP contribution in [0.1, 0.15) is 96.3 Å². The zero-order valence-electron chi connectivity index (χ0n) is 19.1. The molecule has 0 aromatic carbocycles. The smallest absolute Gasteiger partial charge is 0.358 e. The van der Waals surface area contributed by atoms with E-state index in [0.29, 0.717) is 0 Å². The van der Waals surface area contributed by atoms with Gasteiger partial charge in [-0.25, -0.2) is 0 Å². The first-order valence-corrected chi connectivity index (χ1v) is 10.9. The Bertz CT molecular complexity index is 378. The first kappa shape index (κ1) is 27.9. The molecule has 0 aromatic heterocycles. The first-order valence-electron chi connectivity index (χ1n) is 10.9. The average molecular weight is 539 g/mol. The van der Waals surface area contributed by atoms with Crippen molar-refractivity contribution in [3.8, 4) is 0 Å². The van der Waals surface area contributed by atoms with Crippen molar-refractivity contribution in [3.63, 3.8) is 0 Å². The van der Waals surface area contributed by atoms with Crippen LogP contribution in [0.25, 0.3) is 0 Å². The van der Waals surface area contributed by atoms with Crippen molar-refractivity contribution in [2.24, 2.45) is 40.9 Å². The van der Waals surface area contributed by atoms with E-state index in [1.807, 2.05) is 0 Å². The zero-order valence-corrected chi connectivity index (χ0v) is 22.7. The molecule has 156 valence electrons. The maximum atomic E-state index is 1.63. The van der Waals surface area contributed by atoms with Gasteiger partial charge in [0, 0.05) is 0 Å². The molecule has 5 saturated carbocycles. The van der Waals surface area contributed by atoms with Crippen molar-refractivity contribution in [1.82, 2.24) is 0 Å². The molecule has 0 N–H and O–H groups in total. The molecule has 0 nitrogen and oxygen atoms in total. The molecule has 27 heavy (non-hydrogen) atoms. The summed E-state index contributed by atoms with van der Waals surface area (Å²) in [4.78, 5) is 0. The van der Waals surface area contributed by atoms with Gasteiger partial charge >= 0.3 is 25.8 Å². The Kier molecular flexibility index (Phi) is 11.7. The number of fused-ring (bicyclic) bond motifs is 2. The van der Waals surface area contributed by atoms with Gasteiger partial charge in [0.25, 0.3) is 0 Å². The van der Waals surface area contributed by atoms with E-state index in [1.165, 1.54) is 0 Å². The summed E-state index contributed by atoms with van der Waals surface area (Å²) in [6.07, 6.45) is 23.9. The van der Waals surface area contributed by atoms with E-state index in [1.54, 1.807) is 96.3 Å². The molecule has 6 unspecified atom stereocenters. The van der Waals surface area contributed by atoms with E-state index in [2.05, 4.69) is 0 Å². The summed E-state index contributed by atoms with van der Waals surface area (Å²) in [6, 6.07) is 0. The summed E-state index contributed by atoms with van der Waals surface area (Å²) in [5.74, 6) is 6.96. The van der Waals surface area contributed by atoms with Crippen LogP contribution >= 0.6 is 0 Å². The molecule has 0 spiro atoms. The maximum absolute atomic E-state index is 1.63. The third kappa shape index (κ3) is 4.49. The molecule has 0 aliphatic heterocycles. The molecule has 0 heterocycles. The van der Waals surface area contributed by atoms with Crippen LogP contribution in [-0.2, 0) is 25.8 Å². The third-order valence-electron chi connectivity index (χ3n) is 9.43. The minimum atomic E-state index is 0. The second kappa shape index (κ2) is 11.3. The quantitative estimate of drug-likeness (QED) is 0.244. The Morgan fingerprint density at radius 3 is 1.22 bits per heavy atom. The van der Waals surface area contributed by atoms with Crippen LogP contribution in [0.2, 0.25) is 0 Å². The van der Waals surface area contributed by atoms with Gasteiger partial charge in [-0.3, -0.25) is 0 Å². The molecule has 0 saturated heterocycles. The van der Waals surface area contributed by atoms with Crippen molar-refractivity contribution in [3.05, 3.63) is 29.7 Å². The predicted molar refractivity (Wildman–Crippen MR) is 118 cm³/mol. The zero-order chi connectivity index (χ0) is 14.6. The average Bonchev–Trinajstić information content (AvgIpc) is 3.13. The van der Waals surface area contributed by atoms with Gasteiger partial charge in [0.2, 0.25) is 0 Å². The molecule has 6 atom stereocenters. The van der Waals surface area contributed by atoms with Crippen LogP contribution in [-0.4, -0.2) is 0 Å². The summed E-state index contributed by atoms with van der Waals surface area (Å²) in [7, 11) is 0. The Hall–Kier alpha value is 0.870. The fraction of sp³-hybridized carbons (Fsp3) is 0.846. The van der Waals surface area contributed by atoms with Crippen LogP contribution in [0.3, 0.4) is 0 Å². The van der Waals surface area contributed by atoms with E-state index in [9.17, 15) is 0 Å². The number of hydrogen-bond donors (Lipinski definition) is 0. The second-order valence-corrected chi connectivity index (χ2v) is 9.87. The summed E-state index contributed by atoms with van der Waals surface area (Å²) in [6.45, 7) is 0. The van der Waals surface area contributed by atoms with Gasteiger partial charge in [-0.15, -0.1) is 0 Å². The van der Waals surface area contributed by atoms with Gasteiger partial charge in [0.05, 0.1) is 0 Å². The van der Waals surface area contributed by atoms with Gasteiger partial charge in [0.15, 0.2) is 0 Å².